The van der Waals surface area contributed by atoms with Crippen molar-refractivity contribution in [1.82, 2.24) is 19.3 Å². The van der Waals surface area contributed by atoms with Crippen LogP contribution in [0.2, 0.25) is 0 Å². The van der Waals surface area contributed by atoms with Gasteiger partial charge in [0.15, 0.2) is 16.6 Å². The average molecular weight is 352 g/mol. The zero-order chi connectivity index (χ0) is 17.6. The summed E-state index contributed by atoms with van der Waals surface area (Å²) in [6.45, 7) is 6.41. The van der Waals surface area contributed by atoms with Crippen LogP contribution in [0.3, 0.4) is 0 Å². The predicted molar refractivity (Wildman–Crippen MR) is 101 cm³/mol. The van der Waals surface area contributed by atoms with Crippen molar-refractivity contribution < 1.29 is 4.42 Å². The highest BCUT2D eigenvalue weighted by Crippen LogP contribution is 2.32. The van der Waals surface area contributed by atoms with Gasteiger partial charge in [-0.15, -0.1) is 10.2 Å². The molecular formula is C19H20N4OS. The van der Waals surface area contributed by atoms with E-state index in [2.05, 4.69) is 64.4 Å². The second kappa shape index (κ2) is 6.11. The summed E-state index contributed by atoms with van der Waals surface area (Å²) in [5.74, 6) is 0.820. The van der Waals surface area contributed by atoms with Crippen LogP contribution >= 0.6 is 11.8 Å². The van der Waals surface area contributed by atoms with E-state index in [0.717, 1.165) is 33.5 Å². The van der Waals surface area contributed by atoms with Gasteiger partial charge in [-0.1, -0.05) is 43.3 Å². The van der Waals surface area contributed by atoms with Gasteiger partial charge in [0.25, 0.3) is 0 Å². The van der Waals surface area contributed by atoms with E-state index >= 15 is 0 Å². The molecule has 0 aliphatic carbocycles. The quantitative estimate of drug-likeness (QED) is 0.494. The number of rotatable bonds is 4. The first-order valence-electron chi connectivity index (χ1n) is 8.27. The molecule has 0 amide bonds. The van der Waals surface area contributed by atoms with Gasteiger partial charge in [-0.05, 0) is 19.1 Å². The number of benzene rings is 1. The van der Waals surface area contributed by atoms with Crippen LogP contribution in [0.25, 0.3) is 28.3 Å². The van der Waals surface area contributed by atoms with Crippen LogP contribution < -0.4 is 0 Å². The van der Waals surface area contributed by atoms with E-state index in [1.54, 1.807) is 18.0 Å². The molecule has 128 valence electrons. The van der Waals surface area contributed by atoms with Gasteiger partial charge in [0.1, 0.15) is 0 Å². The third-order valence-corrected chi connectivity index (χ3v) is 5.11. The molecule has 0 aliphatic rings. The van der Waals surface area contributed by atoms with Gasteiger partial charge in [-0.3, -0.25) is 4.57 Å². The third kappa shape index (κ3) is 2.76. The lowest BCUT2D eigenvalue weighted by atomic mass is 10.2. The Hall–Kier alpha value is -2.47. The summed E-state index contributed by atoms with van der Waals surface area (Å²) in [6.07, 6.45) is 1.71. The fourth-order valence-corrected chi connectivity index (χ4v) is 3.72. The smallest absolute Gasteiger partial charge is 0.196 e. The minimum absolute atomic E-state index is 0.422. The number of aryl methyl sites for hydroxylation is 2. The molecule has 0 saturated carbocycles. The summed E-state index contributed by atoms with van der Waals surface area (Å²) < 4.78 is 9.77. The first-order chi connectivity index (χ1) is 12.0. The maximum atomic E-state index is 5.55. The van der Waals surface area contributed by atoms with Crippen LogP contribution in [0.1, 0.15) is 19.4 Å². The molecule has 4 aromatic rings. The standard InChI is InChI=1S/C19H20N4OS/c1-12(2)25-19-21-20-18(23(19)14-7-5-13(3)6-8-14)16-11-17-15(22(16)4)9-10-24-17/h5-12H,1-4H3. The fourth-order valence-electron chi connectivity index (χ4n) is 2.91. The van der Waals surface area contributed by atoms with Crippen molar-refractivity contribution in [2.45, 2.75) is 31.2 Å². The number of hydrogen-bond acceptors (Lipinski definition) is 4. The number of fused-ring (bicyclic) bond motifs is 1. The van der Waals surface area contributed by atoms with Gasteiger partial charge in [-0.2, -0.15) is 0 Å². The van der Waals surface area contributed by atoms with Gasteiger partial charge >= 0.3 is 0 Å². The van der Waals surface area contributed by atoms with E-state index in [9.17, 15) is 0 Å². The summed E-state index contributed by atoms with van der Waals surface area (Å²) >= 11 is 1.71. The molecule has 0 aliphatic heterocycles. The van der Waals surface area contributed by atoms with Crippen LogP contribution in [-0.2, 0) is 7.05 Å². The highest BCUT2D eigenvalue weighted by Gasteiger charge is 2.21. The van der Waals surface area contributed by atoms with Crippen molar-refractivity contribution in [2.75, 3.05) is 0 Å². The van der Waals surface area contributed by atoms with Crippen molar-refractivity contribution in [3.05, 3.63) is 48.2 Å². The predicted octanol–water partition coefficient (Wildman–Crippen LogP) is 4.83. The Balaban J connectivity index is 1.93. The van der Waals surface area contributed by atoms with E-state index in [4.69, 9.17) is 4.42 Å². The first kappa shape index (κ1) is 16.0. The number of thioether (sulfide) groups is 1. The van der Waals surface area contributed by atoms with Gasteiger partial charge in [-0.25, -0.2) is 0 Å². The zero-order valence-corrected chi connectivity index (χ0v) is 15.5. The Kier molecular flexibility index (Phi) is 3.92. The molecule has 0 atom stereocenters. The maximum Gasteiger partial charge on any atom is 0.196 e. The topological polar surface area (TPSA) is 48.8 Å². The second-order valence-electron chi connectivity index (χ2n) is 6.40. The highest BCUT2D eigenvalue weighted by atomic mass is 32.2. The van der Waals surface area contributed by atoms with E-state index in [1.807, 2.05) is 19.2 Å². The normalized spacial score (nSPS) is 11.7. The van der Waals surface area contributed by atoms with Crippen molar-refractivity contribution >= 4 is 22.9 Å². The molecule has 4 rings (SSSR count). The summed E-state index contributed by atoms with van der Waals surface area (Å²) in [5, 5.41) is 10.3. The molecule has 0 saturated heterocycles. The third-order valence-electron chi connectivity index (χ3n) is 4.16. The molecule has 0 spiro atoms. The largest absolute Gasteiger partial charge is 0.463 e. The molecular weight excluding hydrogens is 332 g/mol. The van der Waals surface area contributed by atoms with E-state index < -0.39 is 0 Å². The minimum atomic E-state index is 0.422. The first-order valence-corrected chi connectivity index (χ1v) is 9.15. The summed E-state index contributed by atoms with van der Waals surface area (Å²) in [6, 6.07) is 12.4. The second-order valence-corrected chi connectivity index (χ2v) is 7.95. The van der Waals surface area contributed by atoms with Gasteiger partial charge in [0, 0.05) is 30.1 Å². The molecule has 0 N–H and O–H groups in total. The highest BCUT2D eigenvalue weighted by molar-refractivity contribution is 7.99. The molecule has 0 radical (unpaired) electrons. The SMILES string of the molecule is Cc1ccc(-n2c(SC(C)C)nnc2-c2cc3occc3n2C)cc1. The van der Waals surface area contributed by atoms with Crippen LogP contribution in [0.15, 0.2) is 52.2 Å². The molecule has 25 heavy (non-hydrogen) atoms. The number of hydrogen-bond donors (Lipinski definition) is 0. The van der Waals surface area contributed by atoms with Crippen LogP contribution in [0, 0.1) is 6.92 Å². The van der Waals surface area contributed by atoms with Gasteiger partial charge in [0.2, 0.25) is 0 Å². The Labute approximate surface area is 150 Å². The van der Waals surface area contributed by atoms with Crippen molar-refractivity contribution in [3.63, 3.8) is 0 Å². The summed E-state index contributed by atoms with van der Waals surface area (Å²) in [7, 11) is 2.02. The van der Waals surface area contributed by atoms with E-state index in [-0.39, 0.29) is 0 Å². The molecule has 0 unspecified atom stereocenters. The van der Waals surface area contributed by atoms with Gasteiger partial charge < -0.3 is 8.98 Å². The van der Waals surface area contributed by atoms with Gasteiger partial charge in [0.05, 0.1) is 17.5 Å². The lowest BCUT2D eigenvalue weighted by Crippen LogP contribution is -2.03. The van der Waals surface area contributed by atoms with Crippen LogP contribution in [0.5, 0.6) is 0 Å². The Morgan fingerprint density at radius 2 is 1.84 bits per heavy atom. The lowest BCUT2D eigenvalue weighted by Gasteiger charge is -2.12. The zero-order valence-electron chi connectivity index (χ0n) is 14.7. The molecule has 6 heteroatoms. The summed E-state index contributed by atoms with van der Waals surface area (Å²) in [4.78, 5) is 0. The Morgan fingerprint density at radius 1 is 1.08 bits per heavy atom. The van der Waals surface area contributed by atoms with E-state index in [1.165, 1.54) is 5.56 Å². The Bertz CT molecular complexity index is 1020. The van der Waals surface area contributed by atoms with Crippen molar-refractivity contribution in [2.24, 2.45) is 7.05 Å². The molecule has 3 heterocycles. The average Bonchev–Trinajstić information content (AvgIpc) is 3.25. The fraction of sp³-hybridized carbons (Fsp3) is 0.263. The van der Waals surface area contributed by atoms with Crippen LogP contribution in [-0.4, -0.2) is 24.6 Å². The Morgan fingerprint density at radius 3 is 2.52 bits per heavy atom. The molecule has 1 aromatic carbocycles. The molecule has 0 fully saturated rings. The lowest BCUT2D eigenvalue weighted by molar-refractivity contribution is 0.616. The number of nitrogens with zero attached hydrogens (tertiary/aromatic N) is 4. The van der Waals surface area contributed by atoms with Crippen molar-refractivity contribution in [1.29, 1.82) is 0 Å². The minimum Gasteiger partial charge on any atom is -0.463 e. The molecule has 3 aromatic heterocycles. The maximum absolute atomic E-state index is 5.55. The summed E-state index contributed by atoms with van der Waals surface area (Å²) in [5.41, 5.74) is 5.18. The molecule has 0 bridgehead atoms. The number of furan rings is 1. The van der Waals surface area contributed by atoms with Crippen molar-refractivity contribution in [3.8, 4) is 17.2 Å². The van der Waals surface area contributed by atoms with E-state index in [0.29, 0.717) is 5.25 Å². The monoisotopic (exact) mass is 352 g/mol. The molecule has 5 nitrogen and oxygen atoms in total. The number of aromatic nitrogens is 4. The van der Waals surface area contributed by atoms with Crippen LogP contribution in [0.4, 0.5) is 0 Å².